The van der Waals surface area contributed by atoms with Gasteiger partial charge in [-0.05, 0) is 30.3 Å². The number of nitrogens with two attached hydrogens (primary N) is 1. The minimum Gasteiger partial charge on any atom is -0.366 e. The van der Waals surface area contributed by atoms with Crippen molar-refractivity contribution in [1.29, 1.82) is 0 Å². The Morgan fingerprint density at radius 2 is 1.96 bits per heavy atom. The molecule has 0 unspecified atom stereocenters. The summed E-state index contributed by atoms with van der Waals surface area (Å²) in [7, 11) is 0. The molecule has 0 bridgehead atoms. The van der Waals surface area contributed by atoms with E-state index in [-0.39, 0.29) is 28.6 Å². The maximum Gasteiger partial charge on any atom is 0.248 e. The first kappa shape index (κ1) is 17.3. The van der Waals surface area contributed by atoms with Crippen LogP contribution in [0.4, 0.5) is 14.7 Å². The van der Waals surface area contributed by atoms with Crippen LogP contribution in [0.2, 0.25) is 0 Å². The Morgan fingerprint density at radius 1 is 1.12 bits per heavy atom. The number of benzene rings is 1. The molecule has 2 heterocycles. The molecular weight excluding hydrogens is 342 g/mol. The number of aromatic nitrogens is 4. The first-order valence-electron chi connectivity index (χ1n) is 7.67. The summed E-state index contributed by atoms with van der Waals surface area (Å²) in [6.07, 6.45) is 3.17. The van der Waals surface area contributed by atoms with E-state index in [9.17, 15) is 13.6 Å². The largest absolute Gasteiger partial charge is 0.366 e. The minimum atomic E-state index is -0.674. The van der Waals surface area contributed by atoms with Gasteiger partial charge in [-0.15, -0.1) is 10.2 Å². The first-order chi connectivity index (χ1) is 12.5. The van der Waals surface area contributed by atoms with E-state index in [1.807, 2.05) is 0 Å². The van der Waals surface area contributed by atoms with Crippen LogP contribution in [0.5, 0.6) is 0 Å². The summed E-state index contributed by atoms with van der Waals surface area (Å²) in [5.41, 5.74) is 5.91. The van der Waals surface area contributed by atoms with Crippen LogP contribution in [0.15, 0.2) is 42.7 Å². The molecule has 0 saturated heterocycles. The SMILES string of the molecule is NC(=O)c1ccc(F)c(-c2cnc(NCCc3ncccc3F)nn2)c1. The summed E-state index contributed by atoms with van der Waals surface area (Å²) in [4.78, 5) is 19.2. The number of primary amides is 1. The summed E-state index contributed by atoms with van der Waals surface area (Å²) in [5, 5.41) is 10.6. The Morgan fingerprint density at radius 3 is 2.65 bits per heavy atom. The number of hydrogen-bond acceptors (Lipinski definition) is 6. The average Bonchev–Trinajstić information content (AvgIpc) is 2.64. The van der Waals surface area contributed by atoms with Crippen molar-refractivity contribution in [3.8, 4) is 11.3 Å². The molecule has 0 aliphatic carbocycles. The van der Waals surface area contributed by atoms with Gasteiger partial charge in [-0.3, -0.25) is 9.78 Å². The molecule has 9 heteroatoms. The molecule has 0 spiro atoms. The molecule has 0 aliphatic rings. The number of carbonyl (C=O) groups is 1. The molecule has 0 fully saturated rings. The number of rotatable bonds is 6. The molecule has 0 saturated carbocycles. The zero-order valence-electron chi connectivity index (χ0n) is 13.5. The summed E-state index contributed by atoms with van der Waals surface area (Å²) in [6, 6.07) is 6.56. The summed E-state index contributed by atoms with van der Waals surface area (Å²) < 4.78 is 27.4. The Balaban J connectivity index is 1.68. The molecule has 0 atom stereocenters. The Hall–Kier alpha value is -3.49. The topological polar surface area (TPSA) is 107 Å². The molecule has 132 valence electrons. The van der Waals surface area contributed by atoms with Crippen molar-refractivity contribution in [2.24, 2.45) is 5.73 Å². The van der Waals surface area contributed by atoms with Crippen molar-refractivity contribution >= 4 is 11.9 Å². The number of halogens is 2. The summed E-state index contributed by atoms with van der Waals surface area (Å²) >= 11 is 0. The lowest BCUT2D eigenvalue weighted by Crippen LogP contribution is -2.12. The van der Waals surface area contributed by atoms with Crippen molar-refractivity contribution < 1.29 is 13.6 Å². The smallest absolute Gasteiger partial charge is 0.248 e. The second-order valence-electron chi connectivity index (χ2n) is 5.33. The molecule has 1 aromatic carbocycles. The summed E-state index contributed by atoms with van der Waals surface area (Å²) in [6.45, 7) is 0.348. The van der Waals surface area contributed by atoms with Gasteiger partial charge in [-0.1, -0.05) is 0 Å². The fourth-order valence-corrected chi connectivity index (χ4v) is 2.25. The van der Waals surface area contributed by atoms with Gasteiger partial charge in [0.25, 0.3) is 0 Å². The lowest BCUT2D eigenvalue weighted by Gasteiger charge is -2.06. The van der Waals surface area contributed by atoms with E-state index in [4.69, 9.17) is 5.73 Å². The fraction of sp³-hybridized carbons (Fsp3) is 0.118. The van der Waals surface area contributed by atoms with Crippen LogP contribution in [-0.2, 0) is 6.42 Å². The molecule has 26 heavy (non-hydrogen) atoms. The molecule has 3 aromatic rings. The third-order valence-electron chi connectivity index (χ3n) is 3.57. The van der Waals surface area contributed by atoms with Crippen LogP contribution in [0.3, 0.4) is 0 Å². The maximum atomic E-state index is 13.9. The van der Waals surface area contributed by atoms with Crippen LogP contribution < -0.4 is 11.1 Å². The normalized spacial score (nSPS) is 10.5. The zero-order chi connectivity index (χ0) is 18.5. The highest BCUT2D eigenvalue weighted by Gasteiger charge is 2.11. The van der Waals surface area contributed by atoms with Crippen molar-refractivity contribution in [2.45, 2.75) is 6.42 Å². The predicted octanol–water partition coefficient (Wildman–Crippen LogP) is 1.97. The Kier molecular flexibility index (Phi) is 5.07. The molecule has 7 nitrogen and oxygen atoms in total. The van der Waals surface area contributed by atoms with Crippen molar-refractivity contribution in [3.05, 3.63) is 65.6 Å². The standard InChI is InChI=1S/C17H14F2N6O/c18-12-4-3-10(16(20)26)8-11(12)15-9-23-17(25-24-15)22-7-5-14-13(19)2-1-6-21-14/h1-4,6,8-9H,5,7H2,(H2,20,26)(H,22,23,25). The molecular formula is C17H14F2N6O. The molecule has 2 aromatic heterocycles. The fourth-order valence-electron chi connectivity index (χ4n) is 2.25. The zero-order valence-corrected chi connectivity index (χ0v) is 13.5. The van der Waals surface area contributed by atoms with E-state index >= 15 is 0 Å². The summed E-state index contributed by atoms with van der Waals surface area (Å²) in [5.74, 6) is -1.42. The number of anilines is 1. The number of nitrogens with one attached hydrogen (secondary N) is 1. The maximum absolute atomic E-state index is 13.9. The minimum absolute atomic E-state index is 0.0726. The van der Waals surface area contributed by atoms with Crippen molar-refractivity contribution in [3.63, 3.8) is 0 Å². The van der Waals surface area contributed by atoms with Crippen molar-refractivity contribution in [2.75, 3.05) is 11.9 Å². The highest BCUT2D eigenvalue weighted by Crippen LogP contribution is 2.21. The Labute approximate surface area is 147 Å². The Bertz CT molecular complexity index is 933. The van der Waals surface area contributed by atoms with Gasteiger partial charge in [-0.2, -0.15) is 0 Å². The van der Waals surface area contributed by atoms with Crippen LogP contribution in [0.1, 0.15) is 16.1 Å². The third kappa shape index (κ3) is 3.94. The van der Waals surface area contributed by atoms with Crippen LogP contribution in [0, 0.1) is 11.6 Å². The molecule has 3 N–H and O–H groups in total. The number of carbonyl (C=O) groups excluding carboxylic acids is 1. The van der Waals surface area contributed by atoms with E-state index in [0.29, 0.717) is 18.7 Å². The van der Waals surface area contributed by atoms with E-state index in [0.717, 1.165) is 6.07 Å². The lowest BCUT2D eigenvalue weighted by molar-refractivity contribution is 0.100. The van der Waals surface area contributed by atoms with E-state index in [2.05, 4.69) is 25.5 Å². The molecule has 3 rings (SSSR count). The lowest BCUT2D eigenvalue weighted by atomic mass is 10.1. The average molecular weight is 356 g/mol. The van der Waals surface area contributed by atoms with Gasteiger partial charge in [0.05, 0.1) is 11.9 Å². The van der Waals surface area contributed by atoms with Crippen molar-refractivity contribution in [1.82, 2.24) is 20.2 Å². The molecule has 0 aliphatic heterocycles. The third-order valence-corrected chi connectivity index (χ3v) is 3.57. The van der Waals surface area contributed by atoms with E-state index in [1.54, 1.807) is 0 Å². The number of hydrogen-bond donors (Lipinski definition) is 2. The van der Waals surface area contributed by atoms with Gasteiger partial charge >= 0.3 is 0 Å². The number of nitrogens with zero attached hydrogens (tertiary/aromatic N) is 4. The van der Waals surface area contributed by atoms with Gasteiger partial charge in [0, 0.05) is 30.3 Å². The highest BCUT2D eigenvalue weighted by atomic mass is 19.1. The van der Waals surface area contributed by atoms with E-state index in [1.165, 1.54) is 36.7 Å². The first-order valence-corrected chi connectivity index (χ1v) is 7.67. The molecule has 1 amide bonds. The van der Waals surface area contributed by atoms with Gasteiger partial charge in [0.2, 0.25) is 11.9 Å². The van der Waals surface area contributed by atoms with Gasteiger partial charge < -0.3 is 11.1 Å². The van der Waals surface area contributed by atoms with Gasteiger partial charge in [0.15, 0.2) is 0 Å². The highest BCUT2D eigenvalue weighted by molar-refractivity contribution is 5.94. The van der Waals surface area contributed by atoms with Crippen LogP contribution in [-0.4, -0.2) is 32.6 Å². The van der Waals surface area contributed by atoms with Crippen LogP contribution >= 0.6 is 0 Å². The molecule has 0 radical (unpaired) electrons. The quantitative estimate of drug-likeness (QED) is 0.699. The van der Waals surface area contributed by atoms with E-state index < -0.39 is 11.7 Å². The monoisotopic (exact) mass is 356 g/mol. The second kappa shape index (κ2) is 7.60. The number of amides is 1. The number of pyridine rings is 1. The van der Waals surface area contributed by atoms with Gasteiger partial charge in [0.1, 0.15) is 17.3 Å². The van der Waals surface area contributed by atoms with Crippen LogP contribution in [0.25, 0.3) is 11.3 Å². The second-order valence-corrected chi connectivity index (χ2v) is 5.33. The van der Waals surface area contributed by atoms with Gasteiger partial charge in [-0.25, -0.2) is 13.8 Å². The predicted molar refractivity (Wildman–Crippen MR) is 90.1 cm³/mol.